The average molecular weight is 518 g/mol. The van der Waals surface area contributed by atoms with Gasteiger partial charge in [0.2, 0.25) is 23.6 Å². The van der Waals surface area contributed by atoms with Crippen LogP contribution in [0.15, 0.2) is 0 Å². The van der Waals surface area contributed by atoms with Crippen molar-refractivity contribution in [2.24, 2.45) is 17.4 Å². The lowest BCUT2D eigenvalue weighted by Gasteiger charge is -2.28. The summed E-state index contributed by atoms with van der Waals surface area (Å²) in [7, 11) is 0. The third kappa shape index (κ3) is 12.6. The highest BCUT2D eigenvalue weighted by atomic mass is 16.4. The van der Waals surface area contributed by atoms with Crippen LogP contribution in [0.1, 0.15) is 58.8 Å². The predicted octanol–water partition coefficient (Wildman–Crippen LogP) is -2.11. The molecule has 0 aromatic heterocycles. The van der Waals surface area contributed by atoms with Crippen molar-refractivity contribution in [1.82, 2.24) is 16.0 Å². The normalized spacial score (nSPS) is 14.9. The van der Waals surface area contributed by atoms with E-state index in [1.165, 1.54) is 0 Å². The van der Waals surface area contributed by atoms with Crippen molar-refractivity contribution < 1.29 is 48.9 Å². The number of primary amides is 1. The molecule has 15 nitrogen and oxygen atoms in total. The number of carboxylic acids is 3. The van der Waals surface area contributed by atoms with Crippen molar-refractivity contribution in [2.75, 3.05) is 0 Å². The van der Waals surface area contributed by atoms with Crippen LogP contribution in [0.3, 0.4) is 0 Å². The predicted molar refractivity (Wildman–Crippen MR) is 123 cm³/mol. The molecule has 4 amide bonds. The number of amides is 4. The van der Waals surface area contributed by atoms with E-state index in [4.69, 9.17) is 21.7 Å². The first kappa shape index (κ1) is 32.2. The lowest BCUT2D eigenvalue weighted by Crippen LogP contribution is -2.58. The third-order valence-corrected chi connectivity index (χ3v) is 5.37. The van der Waals surface area contributed by atoms with E-state index in [0.29, 0.717) is 6.42 Å². The fourth-order valence-electron chi connectivity index (χ4n) is 2.99. The molecule has 15 heteroatoms. The number of aliphatic carboxylic acids is 3. The van der Waals surface area contributed by atoms with E-state index in [9.17, 15) is 38.7 Å². The Kier molecular flexibility index (Phi) is 14.4. The van der Waals surface area contributed by atoms with Crippen LogP contribution < -0.4 is 27.4 Å². The average Bonchev–Trinajstić information content (AvgIpc) is 2.79. The Morgan fingerprint density at radius 3 is 1.67 bits per heavy atom. The van der Waals surface area contributed by atoms with Gasteiger partial charge in [0, 0.05) is 19.3 Å². The van der Waals surface area contributed by atoms with E-state index >= 15 is 0 Å². The van der Waals surface area contributed by atoms with E-state index < -0.39 is 90.9 Å². The molecule has 10 N–H and O–H groups in total. The first-order valence-corrected chi connectivity index (χ1v) is 11.3. The monoisotopic (exact) mass is 517 g/mol. The van der Waals surface area contributed by atoms with Gasteiger partial charge in [-0.25, -0.2) is 4.79 Å². The van der Waals surface area contributed by atoms with Crippen molar-refractivity contribution in [1.29, 1.82) is 0 Å². The molecule has 0 saturated heterocycles. The summed E-state index contributed by atoms with van der Waals surface area (Å²) in [6.07, 6.45) is -1.70. The number of carbonyl (C=O) groups is 7. The largest absolute Gasteiger partial charge is 0.481 e. The highest BCUT2D eigenvalue weighted by Crippen LogP contribution is 2.11. The van der Waals surface area contributed by atoms with Crippen LogP contribution in [0.4, 0.5) is 0 Å². The summed E-state index contributed by atoms with van der Waals surface area (Å²) in [5.41, 5.74) is 10.7. The first-order chi connectivity index (χ1) is 16.7. The van der Waals surface area contributed by atoms with E-state index in [-0.39, 0.29) is 19.3 Å². The fourth-order valence-corrected chi connectivity index (χ4v) is 2.99. The number of hydrogen-bond donors (Lipinski definition) is 8. The summed E-state index contributed by atoms with van der Waals surface area (Å²) in [5, 5.41) is 34.0. The second-order valence-corrected chi connectivity index (χ2v) is 8.31. The number of hydrogen-bond acceptors (Lipinski definition) is 8. The fraction of sp³-hybridized carbons (Fsp3) is 0.667. The maximum atomic E-state index is 12.9. The van der Waals surface area contributed by atoms with Crippen LogP contribution in [-0.2, 0) is 33.6 Å². The van der Waals surface area contributed by atoms with Gasteiger partial charge in [-0.3, -0.25) is 28.8 Å². The zero-order valence-electron chi connectivity index (χ0n) is 20.2. The molecule has 5 atom stereocenters. The van der Waals surface area contributed by atoms with Crippen LogP contribution >= 0.6 is 0 Å². The molecule has 36 heavy (non-hydrogen) atoms. The molecule has 0 aliphatic carbocycles. The first-order valence-electron chi connectivity index (χ1n) is 11.3. The van der Waals surface area contributed by atoms with Crippen molar-refractivity contribution in [3.05, 3.63) is 0 Å². The van der Waals surface area contributed by atoms with Crippen LogP contribution in [0.2, 0.25) is 0 Å². The molecule has 0 spiro atoms. The number of nitrogens with two attached hydrogens (primary N) is 2. The van der Waals surface area contributed by atoms with E-state index in [1.54, 1.807) is 13.8 Å². The Bertz CT molecular complexity index is 834. The highest BCUT2D eigenvalue weighted by molar-refractivity contribution is 5.94. The van der Waals surface area contributed by atoms with Gasteiger partial charge in [0.1, 0.15) is 18.1 Å². The topological polar surface area (TPSA) is 268 Å². The maximum absolute atomic E-state index is 12.9. The van der Waals surface area contributed by atoms with Crippen LogP contribution in [0.5, 0.6) is 0 Å². The van der Waals surface area contributed by atoms with Crippen LogP contribution in [0.25, 0.3) is 0 Å². The highest BCUT2D eigenvalue weighted by Gasteiger charge is 2.33. The SMILES string of the molecule is CCC(C)C(NC(=O)C(CCC(=O)O)NC(=O)C(N)CCC(N)=O)C(=O)NC(CCC(=O)O)C(=O)O. The molecule has 5 unspecified atom stereocenters. The Hall–Kier alpha value is -3.75. The van der Waals surface area contributed by atoms with Gasteiger partial charge in [-0.2, -0.15) is 0 Å². The number of rotatable bonds is 18. The van der Waals surface area contributed by atoms with E-state index in [2.05, 4.69) is 16.0 Å². The third-order valence-electron chi connectivity index (χ3n) is 5.37. The van der Waals surface area contributed by atoms with E-state index in [0.717, 1.165) is 0 Å². The Morgan fingerprint density at radius 2 is 1.22 bits per heavy atom. The minimum Gasteiger partial charge on any atom is -0.481 e. The molecule has 204 valence electrons. The van der Waals surface area contributed by atoms with Gasteiger partial charge < -0.3 is 42.7 Å². The summed E-state index contributed by atoms with van der Waals surface area (Å²) >= 11 is 0. The van der Waals surface area contributed by atoms with Crippen molar-refractivity contribution in [2.45, 2.75) is 83.0 Å². The quantitative estimate of drug-likeness (QED) is 0.0974. The zero-order valence-corrected chi connectivity index (χ0v) is 20.2. The Morgan fingerprint density at radius 1 is 0.722 bits per heavy atom. The van der Waals surface area contributed by atoms with Crippen molar-refractivity contribution >= 4 is 41.5 Å². The molecular formula is C21H35N5O10. The molecule has 0 saturated carbocycles. The Labute approximate surface area is 207 Å². The minimum absolute atomic E-state index is 0.112. The summed E-state index contributed by atoms with van der Waals surface area (Å²) in [6, 6.07) is -5.42. The van der Waals surface area contributed by atoms with Crippen LogP contribution in [0, 0.1) is 5.92 Å². The smallest absolute Gasteiger partial charge is 0.326 e. The summed E-state index contributed by atoms with van der Waals surface area (Å²) in [4.78, 5) is 82.3. The van der Waals surface area contributed by atoms with Gasteiger partial charge in [-0.05, 0) is 25.2 Å². The van der Waals surface area contributed by atoms with Gasteiger partial charge in [-0.1, -0.05) is 20.3 Å². The molecule has 0 bridgehead atoms. The molecule has 0 aliphatic heterocycles. The zero-order chi connectivity index (χ0) is 28.0. The number of nitrogens with one attached hydrogen (secondary N) is 3. The lowest BCUT2D eigenvalue weighted by atomic mass is 9.96. The van der Waals surface area contributed by atoms with Crippen LogP contribution in [-0.4, -0.2) is 81.0 Å². The molecular weight excluding hydrogens is 482 g/mol. The van der Waals surface area contributed by atoms with E-state index in [1.807, 2.05) is 0 Å². The van der Waals surface area contributed by atoms with Gasteiger partial charge in [0.25, 0.3) is 0 Å². The minimum atomic E-state index is -1.53. The van der Waals surface area contributed by atoms with Gasteiger partial charge in [-0.15, -0.1) is 0 Å². The lowest BCUT2D eigenvalue weighted by molar-refractivity contribution is -0.143. The van der Waals surface area contributed by atoms with Crippen molar-refractivity contribution in [3.63, 3.8) is 0 Å². The molecule has 0 fully saturated rings. The summed E-state index contributed by atoms with van der Waals surface area (Å²) in [6.45, 7) is 3.31. The molecule has 0 heterocycles. The summed E-state index contributed by atoms with van der Waals surface area (Å²) in [5.74, 6) is -7.82. The number of carboxylic acid groups (broad SMARTS) is 3. The number of carbonyl (C=O) groups excluding carboxylic acids is 4. The van der Waals surface area contributed by atoms with Gasteiger partial charge in [0.05, 0.1) is 6.04 Å². The van der Waals surface area contributed by atoms with Crippen molar-refractivity contribution in [3.8, 4) is 0 Å². The van der Waals surface area contributed by atoms with Gasteiger partial charge >= 0.3 is 17.9 Å². The second-order valence-electron chi connectivity index (χ2n) is 8.31. The molecule has 0 aliphatic rings. The second kappa shape index (κ2) is 16.0. The molecule has 0 aromatic rings. The molecule has 0 radical (unpaired) electrons. The molecule has 0 rings (SSSR count). The maximum Gasteiger partial charge on any atom is 0.326 e. The standard InChI is InChI=1S/C21H35N5O10/c1-3-10(2)17(20(34)25-13(21(35)36)6-9-16(30)31)26-19(33)12(5-8-15(28)29)24-18(32)11(22)4-7-14(23)27/h10-13,17H,3-9,22H2,1-2H3,(H2,23,27)(H,24,32)(H,25,34)(H,26,33)(H,28,29)(H,30,31)(H,35,36). The molecule has 0 aromatic carbocycles. The summed E-state index contributed by atoms with van der Waals surface area (Å²) < 4.78 is 0. The van der Waals surface area contributed by atoms with Gasteiger partial charge in [0.15, 0.2) is 0 Å². The Balaban J connectivity index is 5.61.